The third kappa shape index (κ3) is 24.8. The van der Waals surface area contributed by atoms with Crippen LogP contribution in [0.3, 0.4) is 0 Å². The minimum atomic E-state index is 0.484. The van der Waals surface area contributed by atoms with Crippen LogP contribution in [0.1, 0.15) is 130 Å². The van der Waals surface area contributed by atoms with Crippen LogP contribution in [0.25, 0.3) is 0 Å². The molecule has 2 heteroatoms. The van der Waals surface area contributed by atoms with Gasteiger partial charge >= 0.3 is 0 Å². The highest BCUT2D eigenvalue weighted by atomic mass is 16.6. The van der Waals surface area contributed by atoms with Crippen LogP contribution in [-0.2, 0) is 17.6 Å². The Morgan fingerprint density at radius 3 is 1.98 bits per heavy atom. The van der Waals surface area contributed by atoms with Crippen LogP contribution < -0.4 is 5.32 Å². The molecule has 2 fully saturated rings. The monoisotopic (exact) mass is 708 g/mol. The van der Waals surface area contributed by atoms with E-state index < -0.39 is 0 Å². The van der Waals surface area contributed by atoms with Crippen LogP contribution in [0, 0.1) is 17.8 Å². The Kier molecular flexibility index (Phi) is 27.0. The van der Waals surface area contributed by atoms with Crippen LogP contribution in [-0.4, -0.2) is 19.3 Å². The maximum absolute atomic E-state index is 5.25. The highest BCUT2D eigenvalue weighted by Gasteiger charge is 2.21. The Labute approximate surface area is 322 Å². The summed E-state index contributed by atoms with van der Waals surface area (Å²) in [7, 11) is 0. The molecule has 1 aromatic rings. The van der Waals surface area contributed by atoms with E-state index in [0.717, 1.165) is 56.4 Å². The summed E-state index contributed by atoms with van der Waals surface area (Å²) in [5.74, 6) is 2.52. The van der Waals surface area contributed by atoms with Crippen LogP contribution in [0.2, 0.25) is 0 Å². The highest BCUT2D eigenvalue weighted by Crippen LogP contribution is 2.34. The van der Waals surface area contributed by atoms with E-state index >= 15 is 0 Å². The topological polar surface area (TPSA) is 24.6 Å². The molecule has 288 valence electrons. The second-order valence-electron chi connectivity index (χ2n) is 14.6. The molecule has 0 spiro atoms. The summed E-state index contributed by atoms with van der Waals surface area (Å²) < 4.78 is 5.25. The number of hydrogen-bond acceptors (Lipinski definition) is 2. The summed E-state index contributed by atoms with van der Waals surface area (Å²) in [6.45, 7) is 28.9. The Hall–Kier alpha value is -3.36. The molecule has 3 rings (SSSR count). The number of ether oxygens (including phenoxy) is 1. The lowest BCUT2D eigenvalue weighted by Gasteiger charge is -2.11. The van der Waals surface area contributed by atoms with Gasteiger partial charge in [0.25, 0.3) is 0 Å². The number of allylic oxidation sites excluding steroid dienone is 14. The van der Waals surface area contributed by atoms with Gasteiger partial charge in [-0.2, -0.15) is 0 Å². The molecule has 3 atom stereocenters. The van der Waals surface area contributed by atoms with Gasteiger partial charge in [0.1, 0.15) is 0 Å². The molecule has 1 aromatic carbocycles. The number of hydrogen-bond donors (Lipinski definition) is 1. The molecule has 52 heavy (non-hydrogen) atoms. The van der Waals surface area contributed by atoms with Gasteiger partial charge in [0.2, 0.25) is 0 Å². The van der Waals surface area contributed by atoms with Gasteiger partial charge < -0.3 is 10.1 Å². The van der Waals surface area contributed by atoms with Crippen molar-refractivity contribution in [1.29, 1.82) is 0 Å². The quantitative estimate of drug-likeness (QED) is 0.0808. The normalized spacial score (nSPS) is 17.5. The third-order valence-corrected chi connectivity index (χ3v) is 9.76. The average molecular weight is 708 g/mol. The van der Waals surface area contributed by atoms with Crippen LogP contribution >= 0.6 is 0 Å². The first-order chi connectivity index (χ1) is 25.3. The minimum Gasteiger partial charge on any atom is -0.385 e. The van der Waals surface area contributed by atoms with Crippen molar-refractivity contribution < 1.29 is 4.74 Å². The van der Waals surface area contributed by atoms with Crippen molar-refractivity contribution in [1.82, 2.24) is 5.32 Å². The first-order valence-corrected chi connectivity index (χ1v) is 20.7. The fraction of sp³-hybridized carbons (Fsp3) is 0.520. The van der Waals surface area contributed by atoms with Gasteiger partial charge in [-0.15, -0.1) is 0 Å². The molecule has 3 unspecified atom stereocenters. The maximum atomic E-state index is 5.25. The van der Waals surface area contributed by atoms with Gasteiger partial charge in [0.05, 0.1) is 12.7 Å². The van der Waals surface area contributed by atoms with E-state index in [-0.39, 0.29) is 0 Å². The second kappa shape index (κ2) is 30.1. The summed E-state index contributed by atoms with van der Waals surface area (Å²) in [5, 5.41) is 3.44. The maximum Gasteiger partial charge on any atom is 0.0813 e. The van der Waals surface area contributed by atoms with E-state index in [0.29, 0.717) is 12.0 Å². The van der Waals surface area contributed by atoms with Crippen molar-refractivity contribution in [2.75, 3.05) is 13.2 Å². The lowest BCUT2D eigenvalue weighted by molar-refractivity contribution is 0.397. The number of epoxide rings is 1. The Bertz CT molecular complexity index is 1290. The summed E-state index contributed by atoms with van der Waals surface area (Å²) in [4.78, 5) is 0. The summed E-state index contributed by atoms with van der Waals surface area (Å²) in [6.07, 6.45) is 39.6. The van der Waals surface area contributed by atoms with Gasteiger partial charge in [0.15, 0.2) is 0 Å². The van der Waals surface area contributed by atoms with Gasteiger partial charge in [-0.3, -0.25) is 0 Å². The number of aryl methyl sites for hydroxylation is 1. The molecule has 0 radical (unpaired) electrons. The molecule has 1 saturated carbocycles. The fourth-order valence-electron chi connectivity index (χ4n) is 5.52. The fourth-order valence-corrected chi connectivity index (χ4v) is 5.52. The van der Waals surface area contributed by atoms with Crippen LogP contribution in [0.15, 0.2) is 133 Å². The van der Waals surface area contributed by atoms with Gasteiger partial charge in [0, 0.05) is 12.2 Å². The van der Waals surface area contributed by atoms with Crippen LogP contribution in [0.5, 0.6) is 0 Å². The Morgan fingerprint density at radius 1 is 0.808 bits per heavy atom. The zero-order chi connectivity index (χ0) is 38.4. The minimum absolute atomic E-state index is 0.484. The van der Waals surface area contributed by atoms with E-state index in [1.54, 1.807) is 0 Å². The number of nitrogens with one attached hydrogen (secondary N) is 1. The zero-order valence-electron chi connectivity index (χ0n) is 34.6. The van der Waals surface area contributed by atoms with Crippen molar-refractivity contribution in [2.45, 2.75) is 138 Å². The molecule has 2 aliphatic rings. The zero-order valence-corrected chi connectivity index (χ0v) is 34.6. The lowest BCUT2D eigenvalue weighted by Crippen LogP contribution is -2.19. The van der Waals surface area contributed by atoms with E-state index in [1.807, 2.05) is 32.1 Å². The molecular formula is C50H77NO. The molecule has 0 amide bonds. The molecule has 1 heterocycles. The second-order valence-corrected chi connectivity index (χ2v) is 14.6. The van der Waals surface area contributed by atoms with Crippen molar-refractivity contribution >= 4 is 0 Å². The SMILES string of the molecule is C=C/C(=C\C=C\C/C(C)=C/C=C(\C=C)NCC(C)CC)CCC1CO1.C=C/C(=C\C=C\Cc1ccc(CCC(C)CCC)cc1)CCC1CC1.CC. The third-order valence-electron chi connectivity index (χ3n) is 9.76. The smallest absolute Gasteiger partial charge is 0.0813 e. The van der Waals surface area contributed by atoms with Crippen LogP contribution in [0.4, 0.5) is 0 Å². The largest absolute Gasteiger partial charge is 0.385 e. The molecule has 1 aliphatic heterocycles. The molecule has 1 saturated heterocycles. The van der Waals surface area contributed by atoms with Gasteiger partial charge in [-0.25, -0.2) is 0 Å². The molecule has 0 bridgehead atoms. The van der Waals surface area contributed by atoms with E-state index in [4.69, 9.17) is 4.74 Å². The van der Waals surface area contributed by atoms with E-state index in [9.17, 15) is 0 Å². The number of benzene rings is 1. The van der Waals surface area contributed by atoms with Gasteiger partial charge in [-0.1, -0.05) is 178 Å². The predicted octanol–water partition coefficient (Wildman–Crippen LogP) is 14.4. The molecular weight excluding hydrogens is 631 g/mol. The first kappa shape index (κ1) is 46.7. The first-order valence-electron chi connectivity index (χ1n) is 20.7. The van der Waals surface area contributed by atoms with Crippen molar-refractivity contribution in [3.8, 4) is 0 Å². The van der Waals surface area contributed by atoms with Crippen molar-refractivity contribution in [2.24, 2.45) is 17.8 Å². The lowest BCUT2D eigenvalue weighted by atomic mass is 9.96. The molecule has 1 N–H and O–H groups in total. The Morgan fingerprint density at radius 2 is 1.42 bits per heavy atom. The predicted molar refractivity (Wildman–Crippen MR) is 234 cm³/mol. The Balaban J connectivity index is 0.000000496. The van der Waals surface area contributed by atoms with E-state index in [1.165, 1.54) is 85.6 Å². The molecule has 2 nitrogen and oxygen atoms in total. The van der Waals surface area contributed by atoms with Gasteiger partial charge in [-0.05, 0) is 110 Å². The highest BCUT2D eigenvalue weighted by molar-refractivity contribution is 5.28. The van der Waals surface area contributed by atoms with E-state index in [2.05, 4.69) is 133 Å². The molecule has 0 aromatic heterocycles. The summed E-state index contributed by atoms with van der Waals surface area (Å²) >= 11 is 0. The number of rotatable bonds is 25. The van der Waals surface area contributed by atoms with Crippen molar-refractivity contribution in [3.63, 3.8) is 0 Å². The summed E-state index contributed by atoms with van der Waals surface area (Å²) in [5.41, 5.74) is 7.93. The average Bonchev–Trinajstić information content (AvgIpc) is 4.12. The standard InChI is InChI=1S/C25H36.C23H35NO.C2H6/c1-4-8-21(3)11-12-24-17-15-23(16-18-24)10-7-6-9-22(5-2)13-14-25-19-20-25;1-6-19(4)17-24-22(8-3)15-13-20(5)11-9-10-12-21(7-2)14-16-23-18-25-23;1-2/h5-7,9,15-18,21,25H,2,4,8,10-14,19-20H2,1,3H3;7-10,12-13,15,19,23-24H,2-3,6,11,14,16-18H2,1,4-5H3;1-2H3/b7-6+,22-9+;10-9+,20-13+,21-12+,22-15+;. The van der Waals surface area contributed by atoms with Crippen molar-refractivity contribution in [3.05, 3.63) is 144 Å². The molecule has 1 aliphatic carbocycles. The summed E-state index contributed by atoms with van der Waals surface area (Å²) in [6, 6.07) is 9.19.